The number of carbonyl (C=O) groups is 1. The Hall–Kier alpha value is -0.610. The van der Waals surface area contributed by atoms with Crippen molar-refractivity contribution in [1.82, 2.24) is 10.2 Å². The average Bonchev–Trinajstić information content (AvgIpc) is 2.95. The Labute approximate surface area is 104 Å². The molecule has 0 radical (unpaired) electrons. The van der Waals surface area contributed by atoms with E-state index in [9.17, 15) is 4.79 Å². The van der Waals surface area contributed by atoms with Gasteiger partial charge in [0.15, 0.2) is 0 Å². The highest BCUT2D eigenvalue weighted by molar-refractivity contribution is 5.81. The van der Waals surface area contributed by atoms with E-state index in [4.69, 9.17) is 4.74 Å². The predicted octanol–water partition coefficient (Wildman–Crippen LogP) is 1.36. The number of ether oxygens (including phenoxy) is 1. The molecule has 1 aliphatic carbocycles. The molecule has 1 aliphatic heterocycles. The summed E-state index contributed by atoms with van der Waals surface area (Å²) < 4.78 is 5.24. The lowest BCUT2D eigenvalue weighted by molar-refractivity contribution is -0.132. The van der Waals surface area contributed by atoms with Crippen LogP contribution in [-0.4, -0.2) is 43.3 Å². The first kappa shape index (κ1) is 12.8. The summed E-state index contributed by atoms with van der Waals surface area (Å²) in [6.07, 6.45) is 6.35. The molecule has 1 saturated carbocycles. The lowest BCUT2D eigenvalue weighted by Gasteiger charge is -2.35. The molecular formula is C13H24N2O2. The molecule has 4 heteroatoms. The van der Waals surface area contributed by atoms with Gasteiger partial charge in [-0.1, -0.05) is 19.8 Å². The molecule has 1 N–H and O–H groups in total. The molecule has 2 unspecified atom stereocenters. The number of nitrogens with zero attached hydrogens (tertiary/aromatic N) is 1. The second-order valence-electron chi connectivity index (χ2n) is 5.19. The van der Waals surface area contributed by atoms with E-state index in [1.54, 1.807) is 7.11 Å². The number of hydrogen-bond donors (Lipinski definition) is 1. The van der Waals surface area contributed by atoms with Crippen LogP contribution in [0.2, 0.25) is 0 Å². The minimum absolute atomic E-state index is 0.230. The second-order valence-corrected chi connectivity index (χ2v) is 5.19. The summed E-state index contributed by atoms with van der Waals surface area (Å²) in [6.45, 7) is 3.27. The van der Waals surface area contributed by atoms with Crippen LogP contribution in [0.5, 0.6) is 0 Å². The zero-order valence-corrected chi connectivity index (χ0v) is 10.9. The van der Waals surface area contributed by atoms with E-state index in [0.29, 0.717) is 19.1 Å². The maximum atomic E-state index is 12.0. The van der Waals surface area contributed by atoms with Crippen molar-refractivity contribution in [2.75, 3.05) is 20.3 Å². The molecule has 98 valence electrons. The Balaban J connectivity index is 2.06. The largest absolute Gasteiger partial charge is 0.383 e. The van der Waals surface area contributed by atoms with Crippen molar-refractivity contribution >= 4 is 5.91 Å². The van der Waals surface area contributed by atoms with Gasteiger partial charge in [-0.3, -0.25) is 10.1 Å². The van der Waals surface area contributed by atoms with Crippen molar-refractivity contribution in [3.63, 3.8) is 0 Å². The molecule has 2 atom stereocenters. The molecule has 0 aromatic rings. The minimum atomic E-state index is 0.230. The van der Waals surface area contributed by atoms with Gasteiger partial charge in [0, 0.05) is 7.11 Å². The molecule has 2 aliphatic rings. The van der Waals surface area contributed by atoms with Crippen LogP contribution < -0.4 is 5.32 Å². The first-order valence-corrected chi connectivity index (χ1v) is 6.81. The molecule has 1 heterocycles. The van der Waals surface area contributed by atoms with E-state index in [2.05, 4.69) is 17.1 Å². The third-order valence-corrected chi connectivity index (χ3v) is 4.12. The van der Waals surface area contributed by atoms with Crippen molar-refractivity contribution in [1.29, 1.82) is 0 Å². The van der Waals surface area contributed by atoms with Crippen LogP contribution in [0.15, 0.2) is 0 Å². The first-order valence-electron chi connectivity index (χ1n) is 6.81. The summed E-state index contributed by atoms with van der Waals surface area (Å²) in [6, 6.07) is 0.230. The first-order chi connectivity index (χ1) is 8.27. The smallest absolute Gasteiger partial charge is 0.238 e. The highest BCUT2D eigenvalue weighted by Crippen LogP contribution is 2.32. The van der Waals surface area contributed by atoms with Crippen LogP contribution in [0.1, 0.15) is 39.0 Å². The minimum Gasteiger partial charge on any atom is -0.383 e. The van der Waals surface area contributed by atoms with Crippen LogP contribution in [-0.2, 0) is 9.53 Å². The third kappa shape index (κ3) is 2.63. The Morgan fingerprint density at radius 1 is 1.47 bits per heavy atom. The second kappa shape index (κ2) is 5.83. The highest BCUT2D eigenvalue weighted by Gasteiger charge is 2.40. The predicted molar refractivity (Wildman–Crippen MR) is 66.5 cm³/mol. The zero-order valence-electron chi connectivity index (χ0n) is 10.9. The van der Waals surface area contributed by atoms with Crippen molar-refractivity contribution in [2.45, 2.75) is 51.2 Å². The van der Waals surface area contributed by atoms with E-state index in [-0.39, 0.29) is 18.1 Å². The average molecular weight is 240 g/mol. The summed E-state index contributed by atoms with van der Waals surface area (Å²) in [5, 5.41) is 3.39. The fourth-order valence-electron chi connectivity index (χ4n) is 3.22. The normalized spacial score (nSPS) is 28.0. The quantitative estimate of drug-likeness (QED) is 0.789. The number of amides is 1. The number of carbonyl (C=O) groups excluding carboxylic acids is 1. The molecule has 4 nitrogen and oxygen atoms in total. The van der Waals surface area contributed by atoms with Gasteiger partial charge in [0.2, 0.25) is 5.91 Å². The maximum Gasteiger partial charge on any atom is 0.238 e. The van der Waals surface area contributed by atoms with Gasteiger partial charge < -0.3 is 9.64 Å². The maximum absolute atomic E-state index is 12.0. The SMILES string of the molecule is CCC(COC)N1C(=O)CNC1C1CCCC1. The molecule has 0 bridgehead atoms. The molecule has 0 aromatic carbocycles. The lowest BCUT2D eigenvalue weighted by atomic mass is 10.0. The molecule has 2 rings (SSSR count). The van der Waals surface area contributed by atoms with E-state index in [1.807, 2.05) is 0 Å². The van der Waals surface area contributed by atoms with Gasteiger partial charge in [0.1, 0.15) is 0 Å². The van der Waals surface area contributed by atoms with Crippen molar-refractivity contribution in [3.05, 3.63) is 0 Å². The van der Waals surface area contributed by atoms with Crippen molar-refractivity contribution in [3.8, 4) is 0 Å². The Kier molecular flexibility index (Phi) is 4.40. The van der Waals surface area contributed by atoms with Crippen LogP contribution >= 0.6 is 0 Å². The third-order valence-electron chi connectivity index (χ3n) is 4.12. The van der Waals surface area contributed by atoms with Crippen molar-refractivity contribution < 1.29 is 9.53 Å². The summed E-state index contributed by atoms with van der Waals surface area (Å²) >= 11 is 0. The fourth-order valence-corrected chi connectivity index (χ4v) is 3.22. The topological polar surface area (TPSA) is 41.6 Å². The van der Waals surface area contributed by atoms with Gasteiger partial charge in [-0.15, -0.1) is 0 Å². The van der Waals surface area contributed by atoms with Gasteiger partial charge >= 0.3 is 0 Å². The van der Waals surface area contributed by atoms with Gasteiger partial charge in [0.05, 0.1) is 25.4 Å². The van der Waals surface area contributed by atoms with Gasteiger partial charge in [-0.25, -0.2) is 0 Å². The fraction of sp³-hybridized carbons (Fsp3) is 0.923. The number of nitrogens with one attached hydrogen (secondary N) is 1. The number of methoxy groups -OCH3 is 1. The Bertz CT molecular complexity index is 264. The summed E-state index contributed by atoms with van der Waals surface area (Å²) in [5.41, 5.74) is 0. The molecule has 0 spiro atoms. The summed E-state index contributed by atoms with van der Waals surface area (Å²) in [4.78, 5) is 14.1. The van der Waals surface area contributed by atoms with E-state index in [1.165, 1.54) is 25.7 Å². The van der Waals surface area contributed by atoms with Gasteiger partial charge in [-0.2, -0.15) is 0 Å². The molecule has 1 saturated heterocycles. The molecular weight excluding hydrogens is 216 g/mol. The van der Waals surface area contributed by atoms with E-state index >= 15 is 0 Å². The molecule has 1 amide bonds. The number of rotatable bonds is 5. The standard InChI is InChI=1S/C13H24N2O2/c1-3-11(9-17-2)15-12(16)8-14-13(15)10-6-4-5-7-10/h10-11,13-14H,3-9H2,1-2H3. The monoisotopic (exact) mass is 240 g/mol. The van der Waals surface area contributed by atoms with Crippen LogP contribution in [0.25, 0.3) is 0 Å². The van der Waals surface area contributed by atoms with E-state index in [0.717, 1.165) is 6.42 Å². The van der Waals surface area contributed by atoms with Crippen LogP contribution in [0, 0.1) is 5.92 Å². The van der Waals surface area contributed by atoms with Gasteiger partial charge in [-0.05, 0) is 25.2 Å². The summed E-state index contributed by atoms with van der Waals surface area (Å²) in [7, 11) is 1.71. The highest BCUT2D eigenvalue weighted by atomic mass is 16.5. The van der Waals surface area contributed by atoms with E-state index < -0.39 is 0 Å². The zero-order chi connectivity index (χ0) is 12.3. The number of hydrogen-bond acceptors (Lipinski definition) is 3. The van der Waals surface area contributed by atoms with Crippen molar-refractivity contribution in [2.24, 2.45) is 5.92 Å². The molecule has 0 aromatic heterocycles. The molecule has 2 fully saturated rings. The van der Waals surface area contributed by atoms with Crippen LogP contribution in [0.3, 0.4) is 0 Å². The Morgan fingerprint density at radius 3 is 2.76 bits per heavy atom. The Morgan fingerprint density at radius 2 is 2.18 bits per heavy atom. The lowest BCUT2D eigenvalue weighted by Crippen LogP contribution is -2.49. The summed E-state index contributed by atoms with van der Waals surface area (Å²) in [5.74, 6) is 0.887. The molecule has 17 heavy (non-hydrogen) atoms. The van der Waals surface area contributed by atoms with Crippen LogP contribution in [0.4, 0.5) is 0 Å². The van der Waals surface area contributed by atoms with Gasteiger partial charge in [0.25, 0.3) is 0 Å².